The van der Waals surface area contributed by atoms with Gasteiger partial charge in [0.2, 0.25) is 0 Å². The highest BCUT2D eigenvalue weighted by atomic mass is 33.1. The summed E-state index contributed by atoms with van der Waals surface area (Å²) in [5.74, 6) is 2.38. The first-order chi connectivity index (χ1) is 28.5. The molecule has 0 aliphatic heterocycles. The Bertz CT molecular complexity index is 2220. The molecule has 2 N–H and O–H groups in total. The fourth-order valence-corrected chi connectivity index (χ4v) is 9.26. The number of fused-ring (bicyclic) bond motifs is 2. The number of nitrogens with zero attached hydrogens (tertiary/aromatic N) is 4. The third-order valence-electron chi connectivity index (χ3n) is 10.8. The van der Waals surface area contributed by atoms with Gasteiger partial charge in [-0.15, -0.1) is 0 Å². The highest BCUT2D eigenvalue weighted by Crippen LogP contribution is 2.25. The van der Waals surface area contributed by atoms with Crippen LogP contribution >= 0.6 is 21.6 Å². The lowest BCUT2D eigenvalue weighted by atomic mass is 10.0. The topological polar surface area (TPSA) is 28.8 Å². The number of nitrogens with one attached hydrogen (secondary N) is 2. The van der Waals surface area contributed by atoms with Crippen molar-refractivity contribution in [1.82, 2.24) is 0 Å². The van der Waals surface area contributed by atoms with Crippen LogP contribution in [0, 0.1) is 0 Å². The van der Waals surface area contributed by atoms with Gasteiger partial charge in [0, 0.05) is 57.8 Å². The van der Waals surface area contributed by atoms with E-state index in [1.807, 2.05) is 27.7 Å². The smallest absolute Gasteiger partial charge is 0.169 e. The van der Waals surface area contributed by atoms with Gasteiger partial charge < -0.3 is 19.2 Å². The molecule has 0 saturated carbocycles. The number of allylic oxidation sites excluding steroid dienone is 4. The molecule has 59 heavy (non-hydrogen) atoms. The lowest BCUT2D eigenvalue weighted by Crippen LogP contribution is -3.09. The summed E-state index contributed by atoms with van der Waals surface area (Å²) in [6.45, 7) is 10.8. The van der Waals surface area contributed by atoms with Gasteiger partial charge in [-0.25, -0.2) is 9.56 Å². The molecule has 1 heterocycles. The van der Waals surface area contributed by atoms with E-state index in [9.17, 15) is 0 Å². The van der Waals surface area contributed by atoms with E-state index in [1.54, 1.807) is 4.90 Å². The van der Waals surface area contributed by atoms with Crippen LogP contribution in [0.3, 0.4) is 0 Å². The van der Waals surface area contributed by atoms with Crippen molar-refractivity contribution >= 4 is 79.0 Å². The lowest BCUT2D eigenvalue weighted by Gasteiger charge is -2.29. The van der Waals surface area contributed by atoms with Crippen molar-refractivity contribution in [2.45, 2.75) is 19.4 Å². The van der Waals surface area contributed by atoms with Gasteiger partial charge in [-0.2, -0.15) is 0 Å². The van der Waals surface area contributed by atoms with Gasteiger partial charge in [0.15, 0.2) is 25.2 Å². The molecule has 0 saturated heterocycles. The Morgan fingerprint density at radius 3 is 1.90 bits per heavy atom. The van der Waals surface area contributed by atoms with E-state index in [0.717, 1.165) is 36.1 Å². The second kappa shape index (κ2) is 23.3. The van der Waals surface area contributed by atoms with Gasteiger partial charge in [-0.05, 0) is 80.2 Å². The average molecular weight is 829 g/mol. The van der Waals surface area contributed by atoms with Crippen molar-refractivity contribution in [1.29, 1.82) is 0 Å². The maximum absolute atomic E-state index is 4.01. The van der Waals surface area contributed by atoms with Crippen molar-refractivity contribution in [3.8, 4) is 0 Å². The molecule has 0 fully saturated rings. The van der Waals surface area contributed by atoms with Gasteiger partial charge in [0.1, 0.15) is 6.54 Å². The van der Waals surface area contributed by atoms with E-state index >= 15 is 0 Å². The minimum atomic E-state index is 0.968. The molecular weight excluding hydrogens is 761 g/mol. The normalized spacial score (nSPS) is 13.0. The quantitative estimate of drug-likeness (QED) is 0.0181. The molecule has 0 radical (unpaired) electrons. The zero-order valence-corrected chi connectivity index (χ0v) is 38.3. The van der Waals surface area contributed by atoms with E-state index in [2.05, 4.69) is 209 Å². The van der Waals surface area contributed by atoms with E-state index in [-0.39, 0.29) is 0 Å². The molecule has 5 aromatic rings. The number of rotatable bonds is 23. The third-order valence-corrected chi connectivity index (χ3v) is 13.2. The Morgan fingerprint density at radius 2 is 1.27 bits per heavy atom. The van der Waals surface area contributed by atoms with Crippen molar-refractivity contribution in [2.24, 2.45) is 0 Å². The van der Waals surface area contributed by atoms with E-state index in [0.29, 0.717) is 0 Å². The lowest BCUT2D eigenvalue weighted by molar-refractivity contribution is -0.888. The van der Waals surface area contributed by atoms with Crippen LogP contribution < -0.4 is 24.3 Å². The van der Waals surface area contributed by atoms with E-state index in [1.165, 1.54) is 87.2 Å². The van der Waals surface area contributed by atoms with Crippen LogP contribution in [0.25, 0.3) is 39.8 Å². The maximum atomic E-state index is 4.01. The van der Waals surface area contributed by atoms with Gasteiger partial charge in [0.25, 0.3) is 0 Å². The Morgan fingerprint density at radius 1 is 0.695 bits per heavy atom. The predicted molar refractivity (Wildman–Crippen MR) is 264 cm³/mol. The van der Waals surface area contributed by atoms with Crippen LogP contribution in [0.15, 0.2) is 128 Å². The van der Waals surface area contributed by atoms with Crippen LogP contribution in [0.5, 0.6) is 0 Å². The van der Waals surface area contributed by atoms with Gasteiger partial charge in [-0.1, -0.05) is 94.9 Å². The second-order valence-corrected chi connectivity index (χ2v) is 19.3. The van der Waals surface area contributed by atoms with Crippen LogP contribution in [0.1, 0.15) is 29.5 Å². The van der Waals surface area contributed by atoms with Crippen LogP contribution in [-0.4, -0.2) is 104 Å². The summed E-state index contributed by atoms with van der Waals surface area (Å²) in [4.78, 5) is 9.38. The number of benzene rings is 4. The molecule has 8 heteroatoms. The highest BCUT2D eigenvalue weighted by molar-refractivity contribution is 8.76. The minimum Gasteiger partial charge on any atom is -0.378 e. The zero-order chi connectivity index (χ0) is 42.0. The highest BCUT2D eigenvalue weighted by Gasteiger charge is 2.15. The first-order valence-electron chi connectivity index (χ1n) is 21.0. The second-order valence-electron chi connectivity index (χ2n) is 16.6. The summed E-state index contributed by atoms with van der Waals surface area (Å²) < 4.78 is 3.36. The number of hydrogen-bond acceptors (Lipinski definition) is 4. The molecular formula is C51H68N6S2+4. The molecule has 0 bridgehead atoms. The molecule has 0 amide bonds. The first kappa shape index (κ1) is 45.5. The number of quaternary nitrogens is 2. The molecule has 5 rings (SSSR count). The maximum Gasteiger partial charge on any atom is 0.169 e. The van der Waals surface area contributed by atoms with Gasteiger partial charge >= 0.3 is 0 Å². The standard InChI is InChI=1S/C51H66N6S2/c1-9-42(12-14-44-16-18-48-40-50(53(2)3)22-20-46(48)38-44)24-28-52-27-10-34-57(7,8)35-37-59-58-36-33-55(6)29-11-30-56-31-25-43(26-32-56)13-15-45-17-19-49-41-51(54(4)5)23-21-47(49)39-45/h9,12-26,28,31-32,38-41H,1,10-11,27,29-30,33-37H2,2-8H3/q+2/p+2/b14-12+,42-24+,52-28?. The predicted octanol–water partition coefficient (Wildman–Crippen LogP) is 7.31. The Kier molecular flexibility index (Phi) is 17.9. The van der Waals surface area contributed by atoms with Crippen molar-refractivity contribution < 1.29 is 18.9 Å². The molecule has 1 unspecified atom stereocenters. The summed E-state index contributed by atoms with van der Waals surface area (Å²) in [6, 6.07) is 30.9. The van der Waals surface area contributed by atoms with Crippen molar-refractivity contribution in [3.63, 3.8) is 0 Å². The van der Waals surface area contributed by atoms with Gasteiger partial charge in [0.05, 0.1) is 71.7 Å². The molecule has 1 atom stereocenters. The van der Waals surface area contributed by atoms with E-state index < -0.39 is 0 Å². The Labute approximate surface area is 363 Å². The number of pyridine rings is 1. The van der Waals surface area contributed by atoms with Crippen LogP contribution in [0.2, 0.25) is 0 Å². The largest absolute Gasteiger partial charge is 0.378 e. The Hall–Kier alpha value is -4.60. The monoisotopic (exact) mass is 828 g/mol. The fourth-order valence-electron chi connectivity index (χ4n) is 6.84. The van der Waals surface area contributed by atoms with Crippen LogP contribution in [-0.2, 0) is 6.54 Å². The molecule has 6 nitrogen and oxygen atoms in total. The molecule has 1 aromatic heterocycles. The average Bonchev–Trinajstić information content (AvgIpc) is 3.23. The minimum absolute atomic E-state index is 0.968. The van der Waals surface area contributed by atoms with Crippen LogP contribution in [0.4, 0.5) is 11.4 Å². The molecule has 0 aliphatic carbocycles. The SMILES string of the molecule is C=CC(/C=C/c1ccc2cc(N(C)C)ccc2c1)=C\C=[NH+]CCC[N+](C)(C)CCSSCC[NH+](C)CCC[n+]1ccc(/C=C/c2ccc3cc(N(C)C)ccc3c2)cc1. The number of anilines is 2. The molecule has 0 aliphatic rings. The summed E-state index contributed by atoms with van der Waals surface area (Å²) in [6.07, 6.45) is 21.5. The molecule has 310 valence electrons. The first-order valence-corrected chi connectivity index (χ1v) is 23.5. The molecule has 4 aromatic carbocycles. The number of aromatic nitrogens is 1. The van der Waals surface area contributed by atoms with E-state index in [4.69, 9.17) is 0 Å². The molecule has 0 spiro atoms. The Balaban J connectivity index is 0.900. The van der Waals surface area contributed by atoms with Crippen molar-refractivity contribution in [2.75, 3.05) is 103 Å². The number of aryl methyl sites for hydroxylation is 1. The fraction of sp³-hybridized carbons (Fsp3) is 0.333. The number of hydrogen-bond donors (Lipinski definition) is 2. The summed E-state index contributed by atoms with van der Waals surface area (Å²) in [5, 5.41) is 5.05. The summed E-state index contributed by atoms with van der Waals surface area (Å²) in [5.41, 5.74) is 7.16. The zero-order valence-electron chi connectivity index (χ0n) is 36.7. The third kappa shape index (κ3) is 15.5. The van der Waals surface area contributed by atoms with Crippen molar-refractivity contribution in [3.05, 3.63) is 144 Å². The summed E-state index contributed by atoms with van der Waals surface area (Å²) in [7, 11) is 19.4. The van der Waals surface area contributed by atoms with Gasteiger partial charge in [-0.3, -0.25) is 0 Å². The summed E-state index contributed by atoms with van der Waals surface area (Å²) >= 11 is 0.